The van der Waals surface area contributed by atoms with E-state index < -0.39 is 0 Å². The van der Waals surface area contributed by atoms with Crippen LogP contribution in [0.25, 0.3) is 11.1 Å². The molecule has 6 aromatic rings. The fourth-order valence-corrected chi connectivity index (χ4v) is 6.65. The fourth-order valence-electron chi connectivity index (χ4n) is 6.65. The van der Waals surface area contributed by atoms with Gasteiger partial charge in [0.15, 0.2) is 0 Å². The van der Waals surface area contributed by atoms with Crippen molar-refractivity contribution >= 4 is 22.7 Å². The number of benzene rings is 6. The van der Waals surface area contributed by atoms with Gasteiger partial charge in [-0.25, -0.2) is 0 Å². The molecule has 0 radical (unpaired) electrons. The maximum Gasteiger partial charge on any atom is 0.0482 e. The van der Waals surface area contributed by atoms with Crippen LogP contribution in [0.4, 0.5) is 22.7 Å². The summed E-state index contributed by atoms with van der Waals surface area (Å²) in [6.07, 6.45) is 0. The number of anilines is 4. The van der Waals surface area contributed by atoms with Gasteiger partial charge in [-0.1, -0.05) is 129 Å². The third kappa shape index (κ3) is 5.29. The van der Waals surface area contributed by atoms with Gasteiger partial charge in [0.1, 0.15) is 0 Å². The highest BCUT2D eigenvalue weighted by Crippen LogP contribution is 2.50. The van der Waals surface area contributed by atoms with Gasteiger partial charge in [-0.15, -0.1) is 0 Å². The Bertz CT molecular complexity index is 1850. The van der Waals surface area contributed by atoms with E-state index in [4.69, 9.17) is 0 Å². The normalized spacial score (nSPS) is 12.8. The van der Waals surface area contributed by atoms with Crippen LogP contribution in [0, 0.1) is 6.92 Å². The molecule has 0 heterocycles. The van der Waals surface area contributed by atoms with Gasteiger partial charge in [-0.3, -0.25) is 0 Å². The predicted molar refractivity (Wildman–Crippen MR) is 186 cm³/mol. The molecule has 0 atom stereocenters. The molecular weight excluding hydrogens is 532 g/mol. The lowest BCUT2D eigenvalue weighted by molar-refractivity contribution is 0.660. The van der Waals surface area contributed by atoms with Gasteiger partial charge in [0, 0.05) is 41.3 Å². The first-order valence-corrected chi connectivity index (χ1v) is 15.5. The molecule has 0 aromatic heterocycles. The number of rotatable bonds is 8. The predicted octanol–water partition coefficient (Wildman–Crippen LogP) is 11.0. The summed E-state index contributed by atoms with van der Waals surface area (Å²) in [5, 5.41) is 0. The van der Waals surface area contributed by atoms with Crippen LogP contribution >= 0.6 is 0 Å². The molecule has 2 heteroatoms. The van der Waals surface area contributed by atoms with E-state index in [1.54, 1.807) is 0 Å². The Labute approximate surface area is 261 Å². The Morgan fingerprint density at radius 3 is 1.68 bits per heavy atom. The molecule has 1 aliphatic carbocycles. The van der Waals surface area contributed by atoms with Gasteiger partial charge >= 0.3 is 0 Å². The second-order valence-electron chi connectivity index (χ2n) is 12.4. The molecule has 0 fully saturated rings. The van der Waals surface area contributed by atoms with Gasteiger partial charge in [0.2, 0.25) is 0 Å². The van der Waals surface area contributed by atoms with Crippen LogP contribution in [0.2, 0.25) is 0 Å². The number of fused-ring (bicyclic) bond motifs is 3. The van der Waals surface area contributed by atoms with Crippen molar-refractivity contribution in [1.82, 2.24) is 0 Å². The number of nitrogens with zero attached hydrogens (tertiary/aromatic N) is 2. The van der Waals surface area contributed by atoms with E-state index in [-0.39, 0.29) is 5.41 Å². The highest BCUT2D eigenvalue weighted by molar-refractivity contribution is 5.86. The van der Waals surface area contributed by atoms with Gasteiger partial charge in [0.05, 0.1) is 0 Å². The summed E-state index contributed by atoms with van der Waals surface area (Å²) in [5.74, 6) is 0. The maximum absolute atomic E-state index is 2.48. The van der Waals surface area contributed by atoms with E-state index in [0.29, 0.717) is 0 Å². The van der Waals surface area contributed by atoms with Gasteiger partial charge < -0.3 is 9.80 Å². The van der Waals surface area contributed by atoms with E-state index in [1.165, 1.54) is 50.3 Å². The molecule has 216 valence electrons. The highest BCUT2D eigenvalue weighted by Gasteiger charge is 2.35. The zero-order valence-electron chi connectivity index (χ0n) is 25.7. The molecule has 7 rings (SSSR count). The molecule has 0 bridgehead atoms. The van der Waals surface area contributed by atoms with Crippen molar-refractivity contribution in [2.24, 2.45) is 0 Å². The van der Waals surface area contributed by atoms with E-state index in [1.807, 2.05) is 0 Å². The second kappa shape index (κ2) is 11.5. The summed E-state index contributed by atoms with van der Waals surface area (Å²) in [6.45, 7) is 8.51. The third-order valence-corrected chi connectivity index (χ3v) is 9.00. The topological polar surface area (TPSA) is 6.48 Å². The quantitative estimate of drug-likeness (QED) is 0.180. The summed E-state index contributed by atoms with van der Waals surface area (Å²) >= 11 is 0. The van der Waals surface area contributed by atoms with Crippen molar-refractivity contribution < 1.29 is 0 Å². The highest BCUT2D eigenvalue weighted by atomic mass is 15.2. The number of hydrogen-bond donors (Lipinski definition) is 0. The maximum atomic E-state index is 2.48. The Kier molecular flexibility index (Phi) is 7.28. The van der Waals surface area contributed by atoms with E-state index in [9.17, 15) is 0 Å². The molecular formula is C42H38N2. The summed E-state index contributed by atoms with van der Waals surface area (Å²) in [4.78, 5) is 4.88. The van der Waals surface area contributed by atoms with Gasteiger partial charge in [-0.05, 0) is 82.8 Å². The van der Waals surface area contributed by atoms with Crippen LogP contribution in [0.5, 0.6) is 0 Å². The van der Waals surface area contributed by atoms with Crippen molar-refractivity contribution in [2.75, 3.05) is 9.80 Å². The van der Waals surface area contributed by atoms with Crippen LogP contribution < -0.4 is 9.80 Å². The van der Waals surface area contributed by atoms with Crippen LogP contribution in [-0.2, 0) is 18.5 Å². The minimum atomic E-state index is -0.0646. The molecule has 0 saturated carbocycles. The Morgan fingerprint density at radius 2 is 1.00 bits per heavy atom. The van der Waals surface area contributed by atoms with E-state index in [0.717, 1.165) is 24.5 Å². The second-order valence-corrected chi connectivity index (χ2v) is 12.4. The smallest absolute Gasteiger partial charge is 0.0482 e. The van der Waals surface area contributed by atoms with Crippen LogP contribution in [0.15, 0.2) is 152 Å². The Hall–Kier alpha value is -5.08. The molecule has 6 aromatic carbocycles. The van der Waals surface area contributed by atoms with Crippen LogP contribution in [-0.4, -0.2) is 0 Å². The first-order valence-electron chi connectivity index (χ1n) is 15.5. The molecule has 0 unspecified atom stereocenters. The molecule has 0 aliphatic heterocycles. The lowest BCUT2D eigenvalue weighted by atomic mass is 9.82. The molecule has 0 saturated heterocycles. The lowest BCUT2D eigenvalue weighted by Crippen LogP contribution is -2.22. The van der Waals surface area contributed by atoms with Crippen LogP contribution in [0.1, 0.15) is 41.7 Å². The molecule has 0 N–H and O–H groups in total. The fraction of sp³-hybridized carbons (Fsp3) is 0.143. The van der Waals surface area contributed by atoms with Crippen molar-refractivity contribution in [3.05, 3.63) is 179 Å². The number of aryl methyl sites for hydroxylation is 1. The largest absolute Gasteiger partial charge is 0.363 e. The van der Waals surface area contributed by atoms with Gasteiger partial charge in [-0.2, -0.15) is 0 Å². The summed E-state index contributed by atoms with van der Waals surface area (Å²) < 4.78 is 0. The van der Waals surface area contributed by atoms with Crippen molar-refractivity contribution in [3.63, 3.8) is 0 Å². The SMILES string of the molecule is Cc1ccc(N(c2cccc(N(Cc3ccccc3)Cc3ccccc3)c2)c2ccc3c(c2)C(C)(C)c2ccccc2-3)cc1. The summed E-state index contributed by atoms with van der Waals surface area (Å²) in [7, 11) is 0. The molecule has 44 heavy (non-hydrogen) atoms. The third-order valence-electron chi connectivity index (χ3n) is 9.00. The zero-order valence-corrected chi connectivity index (χ0v) is 25.7. The Morgan fingerprint density at radius 1 is 0.455 bits per heavy atom. The average Bonchev–Trinajstić information content (AvgIpc) is 3.29. The van der Waals surface area contributed by atoms with Crippen LogP contribution in [0.3, 0.4) is 0 Å². The molecule has 1 aliphatic rings. The molecule has 2 nitrogen and oxygen atoms in total. The summed E-state index contributed by atoms with van der Waals surface area (Å²) in [5.41, 5.74) is 13.9. The molecule has 0 amide bonds. The van der Waals surface area contributed by atoms with Crippen molar-refractivity contribution in [2.45, 2.75) is 39.3 Å². The first kappa shape index (κ1) is 27.7. The minimum absolute atomic E-state index is 0.0646. The standard InChI is InChI=1S/C42H38N2/c1-31-21-23-34(24-22-31)44(37-25-26-39-38-19-10-11-20-40(38)42(2,3)41(39)28-37)36-18-12-17-35(27-36)43(29-32-13-6-4-7-14-32)30-33-15-8-5-9-16-33/h4-28H,29-30H2,1-3H3. The van der Waals surface area contributed by atoms with E-state index >= 15 is 0 Å². The lowest BCUT2D eigenvalue weighted by Gasteiger charge is -2.30. The zero-order chi connectivity index (χ0) is 30.1. The monoisotopic (exact) mass is 570 g/mol. The first-order chi connectivity index (χ1) is 21.5. The van der Waals surface area contributed by atoms with Gasteiger partial charge in [0.25, 0.3) is 0 Å². The van der Waals surface area contributed by atoms with Crippen molar-refractivity contribution in [3.8, 4) is 11.1 Å². The molecule has 0 spiro atoms. The Balaban J connectivity index is 1.33. The average molecular weight is 571 g/mol. The summed E-state index contributed by atoms with van der Waals surface area (Å²) in [6, 6.07) is 55.3. The van der Waals surface area contributed by atoms with Crippen molar-refractivity contribution in [1.29, 1.82) is 0 Å². The van der Waals surface area contributed by atoms with E-state index in [2.05, 4.69) is 182 Å². The minimum Gasteiger partial charge on any atom is -0.363 e. The number of hydrogen-bond acceptors (Lipinski definition) is 2.